The van der Waals surface area contributed by atoms with Gasteiger partial charge in [0.25, 0.3) is 5.79 Å². The van der Waals surface area contributed by atoms with E-state index in [1.807, 2.05) is 42.6 Å². The van der Waals surface area contributed by atoms with E-state index in [2.05, 4.69) is 10.6 Å². The zero-order valence-corrected chi connectivity index (χ0v) is 15.7. The molecular weight excluding hydrogens is 348 g/mol. The molecule has 2 aromatic rings. The number of fused-ring (bicyclic) bond motifs is 1. The third kappa shape index (κ3) is 3.65. The van der Waals surface area contributed by atoms with Crippen molar-refractivity contribution in [2.45, 2.75) is 57.4 Å². The van der Waals surface area contributed by atoms with Crippen molar-refractivity contribution in [3.05, 3.63) is 40.6 Å². The lowest BCUT2D eigenvalue weighted by Gasteiger charge is -2.31. The molecular formula is C20H24N2O3S. The molecule has 1 unspecified atom stereocenters. The highest BCUT2D eigenvalue weighted by atomic mass is 32.1. The Morgan fingerprint density at radius 1 is 1.19 bits per heavy atom. The monoisotopic (exact) mass is 372 g/mol. The van der Waals surface area contributed by atoms with E-state index >= 15 is 0 Å². The van der Waals surface area contributed by atoms with Crippen LogP contribution in [0.4, 0.5) is 5.69 Å². The molecule has 26 heavy (non-hydrogen) atoms. The summed E-state index contributed by atoms with van der Waals surface area (Å²) in [5.41, 5.74) is 0.860. The van der Waals surface area contributed by atoms with E-state index in [0.717, 1.165) is 47.7 Å². The zero-order valence-electron chi connectivity index (χ0n) is 14.9. The second-order valence-electron chi connectivity index (χ2n) is 7.00. The molecule has 1 aromatic carbocycles. The number of benzene rings is 1. The molecule has 1 aliphatic heterocycles. The molecule has 138 valence electrons. The second-order valence-corrected chi connectivity index (χ2v) is 8.03. The summed E-state index contributed by atoms with van der Waals surface area (Å²) in [6, 6.07) is 9.46. The van der Waals surface area contributed by atoms with Crippen molar-refractivity contribution in [1.82, 2.24) is 5.32 Å². The van der Waals surface area contributed by atoms with E-state index < -0.39 is 5.79 Å². The quantitative estimate of drug-likeness (QED) is 0.822. The Hall–Kier alpha value is -2.21. The Morgan fingerprint density at radius 2 is 2.00 bits per heavy atom. The number of hydrogen-bond acceptors (Lipinski definition) is 5. The van der Waals surface area contributed by atoms with Crippen LogP contribution in [0.1, 0.15) is 43.9 Å². The number of amides is 1. The minimum atomic E-state index is -0.469. The van der Waals surface area contributed by atoms with Gasteiger partial charge in [0.2, 0.25) is 5.91 Å². The number of hydrogen-bond donors (Lipinski definition) is 2. The molecule has 1 aromatic heterocycles. The maximum Gasteiger partial charge on any atom is 0.251 e. The van der Waals surface area contributed by atoms with Gasteiger partial charge in [-0.2, -0.15) is 0 Å². The van der Waals surface area contributed by atoms with Gasteiger partial charge in [0, 0.05) is 29.5 Å². The van der Waals surface area contributed by atoms with Gasteiger partial charge < -0.3 is 20.1 Å². The predicted octanol–water partition coefficient (Wildman–Crippen LogP) is 4.30. The molecule has 1 aliphatic carbocycles. The average molecular weight is 372 g/mol. The number of thiophene rings is 1. The highest BCUT2D eigenvalue weighted by Crippen LogP contribution is 2.46. The Kier molecular flexibility index (Phi) is 4.76. The molecule has 5 nitrogen and oxygen atoms in total. The van der Waals surface area contributed by atoms with Crippen LogP contribution in [0.5, 0.6) is 11.5 Å². The van der Waals surface area contributed by atoms with Gasteiger partial charge >= 0.3 is 0 Å². The summed E-state index contributed by atoms with van der Waals surface area (Å²) in [6.45, 7) is 2.42. The summed E-state index contributed by atoms with van der Waals surface area (Å²) in [6.07, 6.45) is 5.40. The zero-order chi connectivity index (χ0) is 18.0. The first-order valence-corrected chi connectivity index (χ1v) is 10.1. The van der Waals surface area contributed by atoms with Crippen LogP contribution in [0, 0.1) is 0 Å². The molecule has 1 saturated carbocycles. The van der Waals surface area contributed by atoms with Crippen molar-refractivity contribution in [3.8, 4) is 11.5 Å². The first-order chi connectivity index (χ1) is 12.6. The van der Waals surface area contributed by atoms with Crippen LogP contribution in [0.2, 0.25) is 0 Å². The maximum absolute atomic E-state index is 12.3. The lowest BCUT2D eigenvalue weighted by atomic mass is 9.94. The topological polar surface area (TPSA) is 59.6 Å². The number of rotatable bonds is 5. The van der Waals surface area contributed by atoms with Crippen LogP contribution in [0.15, 0.2) is 35.7 Å². The molecule has 2 heterocycles. The summed E-state index contributed by atoms with van der Waals surface area (Å²) in [7, 11) is 0. The van der Waals surface area contributed by atoms with Gasteiger partial charge in [0.05, 0.1) is 6.54 Å². The molecule has 1 fully saturated rings. The fourth-order valence-electron chi connectivity index (χ4n) is 3.53. The summed E-state index contributed by atoms with van der Waals surface area (Å²) >= 11 is 1.64. The molecule has 4 rings (SSSR count). The van der Waals surface area contributed by atoms with E-state index in [0.29, 0.717) is 6.54 Å². The van der Waals surface area contributed by atoms with Gasteiger partial charge in [0.1, 0.15) is 6.04 Å². The number of ether oxygens (including phenoxy) is 2. The number of nitrogens with one attached hydrogen (secondary N) is 2. The predicted molar refractivity (Wildman–Crippen MR) is 103 cm³/mol. The first-order valence-electron chi connectivity index (χ1n) is 9.22. The summed E-state index contributed by atoms with van der Waals surface area (Å²) in [5.74, 6) is 1.07. The lowest BCUT2D eigenvalue weighted by molar-refractivity contribution is -0.121. The highest BCUT2D eigenvalue weighted by molar-refractivity contribution is 7.09. The Bertz CT molecular complexity index is 769. The van der Waals surface area contributed by atoms with Crippen LogP contribution in [-0.2, 0) is 11.3 Å². The molecule has 1 atom stereocenters. The third-order valence-electron chi connectivity index (χ3n) is 4.94. The number of carbonyl (C=O) groups is 1. The van der Waals surface area contributed by atoms with Gasteiger partial charge in [-0.15, -0.1) is 11.3 Å². The molecule has 1 amide bonds. The van der Waals surface area contributed by atoms with Crippen molar-refractivity contribution in [2.75, 3.05) is 5.32 Å². The first kappa shape index (κ1) is 17.2. The maximum atomic E-state index is 12.3. The number of carbonyl (C=O) groups excluding carboxylic acids is 1. The van der Waals surface area contributed by atoms with Crippen molar-refractivity contribution in [1.29, 1.82) is 0 Å². The second kappa shape index (κ2) is 7.19. The van der Waals surface area contributed by atoms with Gasteiger partial charge in [-0.1, -0.05) is 12.5 Å². The smallest absolute Gasteiger partial charge is 0.251 e. The molecule has 1 spiro atoms. The van der Waals surface area contributed by atoms with Crippen LogP contribution < -0.4 is 20.1 Å². The molecule has 0 bridgehead atoms. The fraction of sp³-hybridized carbons (Fsp3) is 0.450. The lowest BCUT2D eigenvalue weighted by Crippen LogP contribution is -2.40. The minimum Gasteiger partial charge on any atom is -0.448 e. The van der Waals surface area contributed by atoms with E-state index in [4.69, 9.17) is 9.47 Å². The van der Waals surface area contributed by atoms with Crippen molar-refractivity contribution < 1.29 is 14.3 Å². The van der Waals surface area contributed by atoms with E-state index in [1.54, 1.807) is 11.3 Å². The largest absolute Gasteiger partial charge is 0.448 e. The van der Waals surface area contributed by atoms with Gasteiger partial charge in [-0.05, 0) is 43.3 Å². The van der Waals surface area contributed by atoms with Crippen LogP contribution in [-0.4, -0.2) is 17.7 Å². The number of anilines is 1. The molecule has 0 saturated heterocycles. The van der Waals surface area contributed by atoms with E-state index in [-0.39, 0.29) is 11.9 Å². The molecule has 2 aliphatic rings. The minimum absolute atomic E-state index is 0.0279. The van der Waals surface area contributed by atoms with Crippen molar-refractivity contribution in [2.24, 2.45) is 0 Å². The molecule has 0 radical (unpaired) electrons. The van der Waals surface area contributed by atoms with E-state index in [1.165, 1.54) is 6.42 Å². The van der Waals surface area contributed by atoms with E-state index in [9.17, 15) is 4.79 Å². The van der Waals surface area contributed by atoms with Crippen molar-refractivity contribution >= 4 is 22.9 Å². The van der Waals surface area contributed by atoms with Gasteiger partial charge in [-0.3, -0.25) is 4.79 Å². The van der Waals surface area contributed by atoms with Crippen LogP contribution >= 0.6 is 11.3 Å². The average Bonchev–Trinajstić information content (AvgIpc) is 3.27. The molecule has 2 N–H and O–H groups in total. The Labute approximate surface area is 157 Å². The summed E-state index contributed by atoms with van der Waals surface area (Å²) < 4.78 is 12.2. The highest BCUT2D eigenvalue weighted by Gasteiger charge is 2.42. The van der Waals surface area contributed by atoms with Crippen LogP contribution in [0.25, 0.3) is 0 Å². The van der Waals surface area contributed by atoms with Crippen molar-refractivity contribution in [3.63, 3.8) is 0 Å². The third-order valence-corrected chi connectivity index (χ3v) is 5.82. The van der Waals surface area contributed by atoms with Gasteiger partial charge in [0.15, 0.2) is 11.5 Å². The van der Waals surface area contributed by atoms with Crippen LogP contribution in [0.3, 0.4) is 0 Å². The fourth-order valence-corrected chi connectivity index (χ4v) is 4.18. The summed E-state index contributed by atoms with van der Waals surface area (Å²) in [5, 5.41) is 8.21. The standard InChI is InChI=1S/C20H24N2O3S/c1-14(19(23)21-13-16-6-5-11-26-16)22-15-7-8-17-18(12-15)25-20(24-17)9-3-2-4-10-20/h5-8,11-12,14,22H,2-4,9-10,13H2,1H3,(H,21,23). The summed E-state index contributed by atoms with van der Waals surface area (Å²) in [4.78, 5) is 13.4. The Morgan fingerprint density at radius 3 is 2.77 bits per heavy atom. The molecule has 6 heteroatoms. The normalized spacial score (nSPS) is 18.5. The Balaban J connectivity index is 1.36. The SMILES string of the molecule is CC(Nc1ccc2c(c1)OC1(CCCCC1)O2)C(=O)NCc1cccs1. The van der Waals surface area contributed by atoms with Gasteiger partial charge in [-0.25, -0.2) is 0 Å².